The summed E-state index contributed by atoms with van der Waals surface area (Å²) in [5, 5.41) is 6.21. The molecule has 2 heterocycles. The zero-order chi connectivity index (χ0) is 20.1. The number of aryl methyl sites for hydroxylation is 1. The Labute approximate surface area is 176 Å². The van der Waals surface area contributed by atoms with E-state index in [-0.39, 0.29) is 5.91 Å². The van der Waals surface area contributed by atoms with Gasteiger partial charge in [0, 0.05) is 35.3 Å². The molecule has 0 aliphatic carbocycles. The van der Waals surface area contributed by atoms with E-state index in [2.05, 4.69) is 34.7 Å². The van der Waals surface area contributed by atoms with Gasteiger partial charge in [0.25, 0.3) is 5.91 Å². The smallest absolute Gasteiger partial charge is 0.255 e. The van der Waals surface area contributed by atoms with Gasteiger partial charge in [-0.2, -0.15) is 0 Å². The summed E-state index contributed by atoms with van der Waals surface area (Å²) >= 11 is 1.69. The van der Waals surface area contributed by atoms with Gasteiger partial charge in [0.15, 0.2) is 5.13 Å². The highest BCUT2D eigenvalue weighted by Gasteiger charge is 2.16. The molecule has 29 heavy (non-hydrogen) atoms. The number of benzene rings is 2. The number of thiazole rings is 1. The molecule has 0 unspecified atom stereocenters. The van der Waals surface area contributed by atoms with Gasteiger partial charge in [0.05, 0.1) is 5.69 Å². The molecule has 3 aromatic rings. The van der Waals surface area contributed by atoms with E-state index in [4.69, 9.17) is 4.98 Å². The van der Waals surface area contributed by atoms with Crippen LogP contribution in [-0.2, 0) is 6.42 Å². The maximum atomic E-state index is 12.6. The molecule has 1 aromatic heterocycles. The lowest BCUT2D eigenvalue weighted by atomic mass is 10.1. The Bertz CT molecular complexity index is 958. The fourth-order valence-electron chi connectivity index (χ4n) is 3.61. The summed E-state index contributed by atoms with van der Waals surface area (Å²) in [6.45, 7) is 4.38. The first-order valence-electron chi connectivity index (χ1n) is 10.4. The molecule has 1 fully saturated rings. The summed E-state index contributed by atoms with van der Waals surface area (Å²) in [5.74, 6) is -0.0831. The number of anilines is 2. The molecular formula is C24H27N3OS. The van der Waals surface area contributed by atoms with Crippen LogP contribution in [0.25, 0.3) is 11.3 Å². The van der Waals surface area contributed by atoms with E-state index in [0.29, 0.717) is 5.56 Å². The number of hydrogen-bond acceptors (Lipinski definition) is 4. The van der Waals surface area contributed by atoms with Crippen molar-refractivity contribution in [1.29, 1.82) is 0 Å². The predicted octanol–water partition coefficient (Wildman–Crippen LogP) is 6.01. The second-order valence-electron chi connectivity index (χ2n) is 7.54. The molecule has 150 valence electrons. The zero-order valence-corrected chi connectivity index (χ0v) is 17.7. The fraction of sp³-hybridized carbons (Fsp3) is 0.333. The van der Waals surface area contributed by atoms with Crippen LogP contribution >= 0.6 is 11.3 Å². The Kier molecular flexibility index (Phi) is 6.25. The van der Waals surface area contributed by atoms with Crippen molar-refractivity contribution in [3.63, 3.8) is 0 Å². The van der Waals surface area contributed by atoms with E-state index < -0.39 is 0 Å². The monoisotopic (exact) mass is 405 g/mol. The van der Waals surface area contributed by atoms with Crippen LogP contribution in [0.2, 0.25) is 0 Å². The van der Waals surface area contributed by atoms with E-state index in [1.165, 1.54) is 31.2 Å². The van der Waals surface area contributed by atoms with Crippen molar-refractivity contribution in [3.05, 3.63) is 65.0 Å². The van der Waals surface area contributed by atoms with Crippen molar-refractivity contribution in [2.45, 2.75) is 39.0 Å². The maximum Gasteiger partial charge on any atom is 0.255 e. The fourth-order valence-corrected chi connectivity index (χ4v) is 4.50. The summed E-state index contributed by atoms with van der Waals surface area (Å²) in [5.41, 5.74) is 4.74. The Hall–Kier alpha value is -2.66. The Morgan fingerprint density at radius 2 is 1.93 bits per heavy atom. The molecule has 2 aromatic carbocycles. The van der Waals surface area contributed by atoms with Crippen LogP contribution in [0.5, 0.6) is 0 Å². The standard InChI is InChI=1S/C24H27N3OS/c1-2-3-7-18-10-12-19(13-11-18)23(28)25-21-9-6-8-20(16-21)22-17-29-24(26-22)27-14-4-5-15-27/h6,8-13,16-17H,2-5,7,14-15H2,1H3,(H,25,28). The van der Waals surface area contributed by atoms with Crippen molar-refractivity contribution in [2.24, 2.45) is 0 Å². The molecule has 4 nitrogen and oxygen atoms in total. The second kappa shape index (κ2) is 9.23. The third kappa shape index (κ3) is 4.85. The minimum atomic E-state index is -0.0831. The highest BCUT2D eigenvalue weighted by atomic mass is 32.1. The molecule has 1 saturated heterocycles. The average Bonchev–Trinajstić information content (AvgIpc) is 3.44. The van der Waals surface area contributed by atoms with Gasteiger partial charge in [0.2, 0.25) is 0 Å². The molecule has 5 heteroatoms. The van der Waals surface area contributed by atoms with Crippen molar-refractivity contribution in [3.8, 4) is 11.3 Å². The summed E-state index contributed by atoms with van der Waals surface area (Å²) < 4.78 is 0. The van der Waals surface area contributed by atoms with Gasteiger partial charge in [-0.25, -0.2) is 4.98 Å². The first-order valence-corrected chi connectivity index (χ1v) is 11.3. The maximum absolute atomic E-state index is 12.6. The van der Waals surface area contributed by atoms with Crippen LogP contribution in [0.1, 0.15) is 48.5 Å². The van der Waals surface area contributed by atoms with Gasteiger partial charge in [0.1, 0.15) is 0 Å². The topological polar surface area (TPSA) is 45.2 Å². The van der Waals surface area contributed by atoms with Crippen LogP contribution in [0.15, 0.2) is 53.9 Å². The van der Waals surface area contributed by atoms with Gasteiger partial charge in [-0.05, 0) is 55.5 Å². The molecule has 1 aliphatic rings. The third-order valence-corrected chi connectivity index (χ3v) is 6.22. The number of amides is 1. The van der Waals surface area contributed by atoms with Gasteiger partial charge >= 0.3 is 0 Å². The van der Waals surface area contributed by atoms with E-state index in [9.17, 15) is 4.79 Å². The normalized spacial score (nSPS) is 13.6. The molecule has 0 bridgehead atoms. The van der Waals surface area contributed by atoms with Gasteiger partial charge in [-0.1, -0.05) is 37.6 Å². The second-order valence-corrected chi connectivity index (χ2v) is 8.38. The predicted molar refractivity (Wildman–Crippen MR) is 122 cm³/mol. The summed E-state index contributed by atoms with van der Waals surface area (Å²) in [4.78, 5) is 19.8. The van der Waals surface area contributed by atoms with Gasteiger partial charge < -0.3 is 10.2 Å². The minimum absolute atomic E-state index is 0.0831. The molecule has 0 atom stereocenters. The minimum Gasteiger partial charge on any atom is -0.348 e. The third-order valence-electron chi connectivity index (χ3n) is 5.32. The molecular weight excluding hydrogens is 378 g/mol. The number of hydrogen-bond donors (Lipinski definition) is 1. The number of carbonyl (C=O) groups is 1. The highest BCUT2D eigenvalue weighted by Crippen LogP contribution is 2.30. The highest BCUT2D eigenvalue weighted by molar-refractivity contribution is 7.14. The molecule has 1 amide bonds. The van der Waals surface area contributed by atoms with Crippen molar-refractivity contribution >= 4 is 28.1 Å². The van der Waals surface area contributed by atoms with Crippen molar-refractivity contribution in [2.75, 3.05) is 23.3 Å². The first kappa shape index (κ1) is 19.6. The lowest BCUT2D eigenvalue weighted by Gasteiger charge is -2.12. The lowest BCUT2D eigenvalue weighted by molar-refractivity contribution is 0.102. The molecule has 0 radical (unpaired) electrons. The number of unbranched alkanes of at least 4 members (excludes halogenated alkanes) is 1. The number of carbonyl (C=O) groups excluding carboxylic acids is 1. The average molecular weight is 406 g/mol. The van der Waals surface area contributed by atoms with E-state index >= 15 is 0 Å². The number of nitrogens with zero attached hydrogens (tertiary/aromatic N) is 2. The molecule has 1 N–H and O–H groups in total. The number of nitrogens with one attached hydrogen (secondary N) is 1. The molecule has 0 spiro atoms. The van der Waals surface area contributed by atoms with Crippen LogP contribution in [0, 0.1) is 0 Å². The summed E-state index contributed by atoms with van der Waals surface area (Å²) in [6, 6.07) is 15.8. The van der Waals surface area contributed by atoms with Crippen LogP contribution < -0.4 is 10.2 Å². The number of rotatable bonds is 7. The summed E-state index contributed by atoms with van der Waals surface area (Å²) in [6.07, 6.45) is 5.91. The summed E-state index contributed by atoms with van der Waals surface area (Å²) in [7, 11) is 0. The largest absolute Gasteiger partial charge is 0.348 e. The van der Waals surface area contributed by atoms with Crippen molar-refractivity contribution < 1.29 is 4.79 Å². The van der Waals surface area contributed by atoms with E-state index in [1.807, 2.05) is 36.4 Å². The SMILES string of the molecule is CCCCc1ccc(C(=O)Nc2cccc(-c3csc(N4CCCC4)n3)c2)cc1. The quantitative estimate of drug-likeness (QED) is 0.524. The van der Waals surface area contributed by atoms with Crippen LogP contribution in [-0.4, -0.2) is 24.0 Å². The molecule has 0 saturated carbocycles. The zero-order valence-electron chi connectivity index (χ0n) is 16.9. The lowest BCUT2D eigenvalue weighted by Crippen LogP contribution is -2.17. The Balaban J connectivity index is 1.44. The van der Waals surface area contributed by atoms with Crippen LogP contribution in [0.3, 0.4) is 0 Å². The van der Waals surface area contributed by atoms with Gasteiger partial charge in [-0.3, -0.25) is 4.79 Å². The van der Waals surface area contributed by atoms with Crippen molar-refractivity contribution in [1.82, 2.24) is 4.98 Å². The Morgan fingerprint density at radius 1 is 1.14 bits per heavy atom. The van der Waals surface area contributed by atoms with Crippen LogP contribution in [0.4, 0.5) is 10.8 Å². The van der Waals surface area contributed by atoms with E-state index in [1.54, 1.807) is 11.3 Å². The van der Waals surface area contributed by atoms with Gasteiger partial charge in [-0.15, -0.1) is 11.3 Å². The first-order chi connectivity index (χ1) is 14.2. The molecule has 4 rings (SSSR count). The molecule has 1 aliphatic heterocycles. The Morgan fingerprint density at radius 3 is 2.69 bits per heavy atom. The number of aromatic nitrogens is 1. The van der Waals surface area contributed by atoms with E-state index in [0.717, 1.165) is 41.6 Å².